The van der Waals surface area contributed by atoms with E-state index in [4.69, 9.17) is 0 Å². The van der Waals surface area contributed by atoms with E-state index in [1.807, 2.05) is 54.8 Å². The van der Waals surface area contributed by atoms with Gasteiger partial charge in [0.15, 0.2) is 0 Å². The first kappa shape index (κ1) is 22.4. The molecule has 0 radical (unpaired) electrons. The molecule has 4 aromatic rings. The monoisotopic (exact) mass is 509 g/mol. The van der Waals surface area contributed by atoms with Gasteiger partial charge in [-0.05, 0) is 29.1 Å². The van der Waals surface area contributed by atoms with Crippen LogP contribution < -0.4 is 15.8 Å². The maximum absolute atomic E-state index is 13.0. The molecule has 30 heavy (non-hydrogen) atoms. The van der Waals surface area contributed by atoms with Crippen molar-refractivity contribution in [2.75, 3.05) is 0 Å². The number of phenols is 1. The summed E-state index contributed by atoms with van der Waals surface area (Å²) in [5.74, 6) is 0.225. The van der Waals surface area contributed by atoms with Crippen LogP contribution in [0.2, 0.25) is 0 Å². The molecule has 0 fully saturated rings. The number of hydrogen-bond donors (Lipinski definition) is 3. The fourth-order valence-electron chi connectivity index (χ4n) is 3.31. The second-order valence-corrected chi connectivity index (χ2v) is 10.3. The number of pyridine rings is 1. The number of nitrogens with two attached hydrogens (primary N) is 2. The summed E-state index contributed by atoms with van der Waals surface area (Å²) in [5, 5.41) is 22.6. The van der Waals surface area contributed by atoms with E-state index < -0.39 is 10.2 Å². The fourth-order valence-corrected chi connectivity index (χ4v) is 4.45. The van der Waals surface area contributed by atoms with Gasteiger partial charge >= 0.3 is 0 Å². The lowest BCUT2D eigenvalue weighted by Crippen LogP contribution is -2.23. The minimum absolute atomic E-state index is 0.0218. The Morgan fingerprint density at radius 1 is 1.13 bits per heavy atom. The van der Waals surface area contributed by atoms with Crippen molar-refractivity contribution in [2.45, 2.75) is 18.3 Å². The van der Waals surface area contributed by atoms with E-state index in [1.165, 1.54) is 11.3 Å². The van der Waals surface area contributed by atoms with Gasteiger partial charge in [-0.2, -0.15) is 8.42 Å². The highest BCUT2D eigenvalue weighted by Gasteiger charge is 2.18. The molecule has 0 bridgehead atoms. The van der Waals surface area contributed by atoms with Gasteiger partial charge in [-0.15, -0.1) is 11.3 Å². The molecule has 0 aliphatic heterocycles. The summed E-state index contributed by atoms with van der Waals surface area (Å²) >= 11 is 5.01. The smallest absolute Gasteiger partial charge is 0.271 e. The highest BCUT2D eigenvalue weighted by Crippen LogP contribution is 2.40. The van der Waals surface area contributed by atoms with Gasteiger partial charge in [0.05, 0.1) is 5.52 Å². The molecule has 0 amide bonds. The van der Waals surface area contributed by atoms with Crippen LogP contribution in [0.4, 0.5) is 0 Å². The molecule has 7 nitrogen and oxygen atoms in total. The van der Waals surface area contributed by atoms with Gasteiger partial charge in [0.25, 0.3) is 15.8 Å². The van der Waals surface area contributed by atoms with E-state index in [-0.39, 0.29) is 16.1 Å². The summed E-state index contributed by atoms with van der Waals surface area (Å²) in [6, 6.07) is 15.3. The molecule has 5 N–H and O–H groups in total. The molecule has 4 rings (SSSR count). The zero-order valence-corrected chi connectivity index (χ0v) is 19.2. The van der Waals surface area contributed by atoms with Crippen molar-refractivity contribution in [3.05, 3.63) is 64.3 Å². The Morgan fingerprint density at radius 2 is 1.77 bits per heavy atom. The van der Waals surface area contributed by atoms with Crippen LogP contribution in [-0.2, 0) is 16.8 Å². The van der Waals surface area contributed by atoms with E-state index in [1.54, 1.807) is 10.6 Å². The van der Waals surface area contributed by atoms with Gasteiger partial charge in [0.1, 0.15) is 10.4 Å². The van der Waals surface area contributed by atoms with Crippen LogP contribution in [0.25, 0.3) is 32.1 Å². The highest BCUT2D eigenvalue weighted by molar-refractivity contribution is 9.09. The van der Waals surface area contributed by atoms with Crippen LogP contribution in [0, 0.1) is 0 Å². The zero-order chi connectivity index (χ0) is 22.1. The highest BCUT2D eigenvalue weighted by atomic mass is 79.9. The van der Waals surface area contributed by atoms with E-state index in [0.29, 0.717) is 6.54 Å². The average molecular weight is 510 g/mol. The van der Waals surface area contributed by atoms with Gasteiger partial charge < -0.3 is 9.67 Å². The molecule has 0 spiro atoms. The Labute approximate surface area is 185 Å². The number of nitrogens with zero attached hydrogens (tertiary/aromatic N) is 1. The Balaban J connectivity index is 0.000000461. The molecule has 0 aliphatic carbocycles. The fraction of sp³-hybridized carbons (Fsp3) is 0.150. The molecule has 0 saturated carbocycles. The molecule has 10 heteroatoms. The molecule has 1 atom stereocenters. The maximum Gasteiger partial charge on any atom is 0.271 e. The van der Waals surface area contributed by atoms with Crippen LogP contribution >= 0.6 is 27.3 Å². The summed E-state index contributed by atoms with van der Waals surface area (Å²) in [5.41, 5.74) is 2.58. The van der Waals surface area contributed by atoms with Gasteiger partial charge in [0, 0.05) is 27.7 Å². The lowest BCUT2D eigenvalue weighted by atomic mass is 9.97. The normalized spacial score (nSPS) is 12.5. The van der Waals surface area contributed by atoms with Gasteiger partial charge in [-0.25, -0.2) is 10.3 Å². The largest absolute Gasteiger partial charge is 0.507 e. The molecule has 0 saturated heterocycles. The number of phenolic OH excluding ortho intramolecular Hbond substituents is 1. The van der Waals surface area contributed by atoms with Crippen LogP contribution in [-0.4, -0.2) is 22.9 Å². The number of aromatic hydroxyl groups is 1. The Kier molecular flexibility index (Phi) is 6.63. The number of aromatic nitrogens is 1. The van der Waals surface area contributed by atoms with Crippen LogP contribution in [0.3, 0.4) is 0 Å². The minimum atomic E-state index is -3.67. The van der Waals surface area contributed by atoms with Crippen LogP contribution in [0.5, 0.6) is 5.75 Å². The van der Waals surface area contributed by atoms with Gasteiger partial charge in [-0.3, -0.25) is 4.79 Å². The maximum atomic E-state index is 13.0. The molecule has 2 aromatic carbocycles. The van der Waals surface area contributed by atoms with Crippen LogP contribution in [0.15, 0.2) is 58.7 Å². The Hall–Kier alpha value is -2.24. The predicted molar refractivity (Wildman–Crippen MR) is 126 cm³/mol. The third-order valence-corrected chi connectivity index (χ3v) is 5.51. The van der Waals surface area contributed by atoms with E-state index in [2.05, 4.69) is 26.2 Å². The average Bonchev–Trinajstić information content (AvgIpc) is 3.14. The number of halogens is 1. The number of hydrogen-bond acceptors (Lipinski definition) is 5. The number of alkyl halides is 1. The Bertz CT molecular complexity index is 1360. The van der Waals surface area contributed by atoms with Crippen molar-refractivity contribution >= 4 is 58.5 Å². The third kappa shape index (κ3) is 4.90. The summed E-state index contributed by atoms with van der Waals surface area (Å²) in [6.07, 6.45) is 0. The summed E-state index contributed by atoms with van der Waals surface area (Å²) < 4.78 is 20.9. The van der Waals surface area contributed by atoms with Crippen molar-refractivity contribution in [3.8, 4) is 16.9 Å². The molecule has 0 aliphatic rings. The van der Waals surface area contributed by atoms with Crippen molar-refractivity contribution in [2.24, 2.45) is 10.3 Å². The Morgan fingerprint density at radius 3 is 2.37 bits per heavy atom. The minimum Gasteiger partial charge on any atom is -0.507 e. The molecule has 2 aromatic heterocycles. The lowest BCUT2D eigenvalue weighted by Gasteiger charge is -2.16. The molecule has 158 valence electrons. The van der Waals surface area contributed by atoms with Crippen molar-refractivity contribution in [1.29, 1.82) is 0 Å². The van der Waals surface area contributed by atoms with Crippen molar-refractivity contribution in [1.82, 2.24) is 4.57 Å². The van der Waals surface area contributed by atoms with Crippen molar-refractivity contribution in [3.63, 3.8) is 0 Å². The first-order valence-electron chi connectivity index (χ1n) is 8.83. The topological polar surface area (TPSA) is 128 Å². The first-order valence-corrected chi connectivity index (χ1v) is 12.2. The number of rotatable bonds is 3. The summed E-state index contributed by atoms with van der Waals surface area (Å²) in [6.45, 7) is 2.59. The second kappa shape index (κ2) is 8.86. The van der Waals surface area contributed by atoms with Crippen LogP contribution in [0.1, 0.15) is 6.92 Å². The quantitative estimate of drug-likeness (QED) is 0.364. The number of thiophene rings is 1. The SMILES string of the molecule is CC(Br)Cn1c(=O)c2sccc2c2c(-c3ccccc3)c(O)ccc21.NS(N)(=O)=O. The van der Waals surface area contributed by atoms with E-state index in [0.717, 1.165) is 32.1 Å². The number of fused-ring (bicyclic) bond motifs is 3. The van der Waals surface area contributed by atoms with Gasteiger partial charge in [0.2, 0.25) is 0 Å². The summed E-state index contributed by atoms with van der Waals surface area (Å²) in [4.78, 5) is 13.1. The van der Waals surface area contributed by atoms with E-state index in [9.17, 15) is 18.3 Å². The van der Waals surface area contributed by atoms with Gasteiger partial charge in [-0.1, -0.05) is 53.2 Å². The zero-order valence-electron chi connectivity index (χ0n) is 15.9. The standard InChI is InChI=1S/C20H16BrNO2S.H4N2O2S/c1-12(21)11-22-15-7-8-16(23)17(13-5-3-2-4-6-13)18(15)14-9-10-25-19(14)20(22)24;1-5(2,3)4/h2-10,12,23H,11H2,1H3;(H4,1,2,3,4). The molecular formula is C20H20BrN3O4S2. The molecule has 1 unspecified atom stereocenters. The number of benzene rings is 2. The lowest BCUT2D eigenvalue weighted by molar-refractivity contribution is 0.478. The van der Waals surface area contributed by atoms with E-state index >= 15 is 0 Å². The molecular weight excluding hydrogens is 490 g/mol. The second-order valence-electron chi connectivity index (χ2n) is 6.67. The first-order chi connectivity index (χ1) is 14.1. The van der Waals surface area contributed by atoms with Crippen molar-refractivity contribution < 1.29 is 13.5 Å². The molecule has 2 heterocycles. The summed E-state index contributed by atoms with van der Waals surface area (Å²) in [7, 11) is -3.67. The predicted octanol–water partition coefficient (Wildman–Crippen LogP) is 3.52. The third-order valence-electron chi connectivity index (χ3n) is 4.32.